The molecule has 1 aromatic carbocycles. The third-order valence-corrected chi connectivity index (χ3v) is 6.55. The summed E-state index contributed by atoms with van der Waals surface area (Å²) >= 11 is 0. The number of halogens is 3. The van der Waals surface area contributed by atoms with Gasteiger partial charge in [0.25, 0.3) is 0 Å². The highest BCUT2D eigenvalue weighted by atomic mass is 19.4. The first-order valence-electron chi connectivity index (χ1n) is 12.0. The normalized spacial score (nSPS) is 16.4. The molecule has 6 rings (SSSR count). The van der Waals surface area contributed by atoms with Crippen LogP contribution in [0.3, 0.4) is 0 Å². The van der Waals surface area contributed by atoms with Crippen molar-refractivity contribution in [3.05, 3.63) is 66.1 Å². The highest BCUT2D eigenvalue weighted by molar-refractivity contribution is 5.94. The molecule has 36 heavy (non-hydrogen) atoms. The number of nitrogens with zero attached hydrogens (tertiary/aromatic N) is 5. The first-order chi connectivity index (χ1) is 17.5. The summed E-state index contributed by atoms with van der Waals surface area (Å²) in [4.78, 5) is 21.0. The van der Waals surface area contributed by atoms with Crippen molar-refractivity contribution < 1.29 is 13.2 Å². The summed E-state index contributed by atoms with van der Waals surface area (Å²) in [6.45, 7) is 3.49. The summed E-state index contributed by atoms with van der Waals surface area (Å²) in [5.41, 5.74) is 2.60. The fraction of sp³-hybridized carbons (Fsp3) is 0.308. The maximum atomic E-state index is 12.9. The Kier molecular flexibility index (Phi) is 5.67. The van der Waals surface area contributed by atoms with Gasteiger partial charge in [0.15, 0.2) is 5.82 Å². The third-order valence-electron chi connectivity index (χ3n) is 6.55. The molecule has 4 heterocycles. The van der Waals surface area contributed by atoms with Crippen molar-refractivity contribution in [3.8, 4) is 11.4 Å². The highest BCUT2D eigenvalue weighted by Gasteiger charge is 2.30. The summed E-state index contributed by atoms with van der Waals surface area (Å²) in [5.74, 6) is 2.49. The maximum Gasteiger partial charge on any atom is 0.416 e. The molecular formula is C26H24F3N7. The minimum atomic E-state index is -4.37. The number of piperazine rings is 1. The fourth-order valence-electron chi connectivity index (χ4n) is 4.56. The second-order valence-corrected chi connectivity index (χ2v) is 9.13. The predicted molar refractivity (Wildman–Crippen MR) is 132 cm³/mol. The Labute approximate surface area is 205 Å². The van der Waals surface area contributed by atoms with E-state index in [0.29, 0.717) is 23.2 Å². The van der Waals surface area contributed by atoms with Crippen LogP contribution in [0.5, 0.6) is 0 Å². The minimum Gasteiger partial charge on any atom is -0.353 e. The Morgan fingerprint density at radius 3 is 2.47 bits per heavy atom. The molecule has 0 unspecified atom stereocenters. The number of nitrogens with one attached hydrogen (secondary N) is 2. The van der Waals surface area contributed by atoms with Crippen LogP contribution < -0.4 is 15.5 Å². The zero-order valence-electron chi connectivity index (χ0n) is 19.4. The second-order valence-electron chi connectivity index (χ2n) is 9.13. The predicted octanol–water partition coefficient (Wildman–Crippen LogP) is 5.14. The van der Waals surface area contributed by atoms with E-state index in [1.165, 1.54) is 17.7 Å². The molecule has 184 valence electrons. The SMILES string of the molecule is FC(F)(F)c1ccc(Nc2cc(-c3nc(N4CCNCC4)c4c(C5CC5)cncc4n3)ccn2)cc1. The number of aromatic nitrogens is 4. The maximum absolute atomic E-state index is 12.9. The minimum absolute atomic E-state index is 0.490. The molecule has 2 fully saturated rings. The van der Waals surface area contributed by atoms with E-state index in [2.05, 4.69) is 25.5 Å². The van der Waals surface area contributed by atoms with E-state index in [9.17, 15) is 13.2 Å². The lowest BCUT2D eigenvalue weighted by molar-refractivity contribution is -0.137. The molecule has 0 spiro atoms. The van der Waals surface area contributed by atoms with Crippen LogP contribution in [0.1, 0.15) is 29.9 Å². The topological polar surface area (TPSA) is 78.9 Å². The first-order valence-corrected chi connectivity index (χ1v) is 12.0. The molecule has 0 radical (unpaired) electrons. The molecule has 7 nitrogen and oxygen atoms in total. The van der Waals surface area contributed by atoms with Crippen molar-refractivity contribution in [2.24, 2.45) is 0 Å². The van der Waals surface area contributed by atoms with Crippen LogP contribution in [0.25, 0.3) is 22.3 Å². The number of fused-ring (bicyclic) bond motifs is 1. The number of pyridine rings is 2. The Balaban J connectivity index is 1.37. The molecule has 1 aliphatic carbocycles. The molecule has 0 bridgehead atoms. The second kappa shape index (κ2) is 9.02. The van der Waals surface area contributed by atoms with E-state index in [-0.39, 0.29) is 0 Å². The molecule has 0 atom stereocenters. The molecule has 4 aromatic rings. The molecule has 2 N–H and O–H groups in total. The van der Waals surface area contributed by atoms with Crippen LogP contribution in [0.4, 0.5) is 30.5 Å². The average Bonchev–Trinajstić information content (AvgIpc) is 3.74. The summed E-state index contributed by atoms with van der Waals surface area (Å²) in [6.07, 6.45) is 3.33. The van der Waals surface area contributed by atoms with Crippen LogP contribution >= 0.6 is 0 Å². The van der Waals surface area contributed by atoms with Gasteiger partial charge in [-0.1, -0.05) is 0 Å². The zero-order valence-corrected chi connectivity index (χ0v) is 19.4. The van der Waals surface area contributed by atoms with Gasteiger partial charge in [-0.3, -0.25) is 4.98 Å². The quantitative estimate of drug-likeness (QED) is 0.400. The van der Waals surface area contributed by atoms with Crippen molar-refractivity contribution in [1.82, 2.24) is 25.3 Å². The number of benzene rings is 1. The lowest BCUT2D eigenvalue weighted by atomic mass is 10.1. The van der Waals surface area contributed by atoms with E-state index < -0.39 is 11.7 Å². The lowest BCUT2D eigenvalue weighted by Gasteiger charge is -2.30. The largest absolute Gasteiger partial charge is 0.416 e. The molecule has 3 aromatic heterocycles. The Hall–Kier alpha value is -3.79. The Morgan fingerprint density at radius 1 is 0.972 bits per heavy atom. The summed E-state index contributed by atoms with van der Waals surface area (Å²) in [5, 5.41) is 7.55. The standard InChI is InChI=1S/C26H24F3N7/c27-26(28,29)18-3-5-19(6-4-18)33-22-13-17(7-8-32-22)24-34-21-15-31-14-20(16-1-2-16)23(21)25(35-24)36-11-9-30-10-12-36/h3-8,13-16,30H,1-2,9-12H2,(H,32,33). The molecule has 1 aliphatic heterocycles. The average molecular weight is 492 g/mol. The third kappa shape index (κ3) is 4.56. The van der Waals surface area contributed by atoms with Gasteiger partial charge in [0, 0.05) is 55.2 Å². The molecule has 1 saturated carbocycles. The van der Waals surface area contributed by atoms with E-state index in [1.54, 1.807) is 18.5 Å². The molecule has 2 aliphatic rings. The van der Waals surface area contributed by atoms with Crippen LogP contribution in [0, 0.1) is 0 Å². The van der Waals surface area contributed by atoms with Crippen LogP contribution in [-0.4, -0.2) is 46.1 Å². The van der Waals surface area contributed by atoms with Gasteiger partial charge in [0.1, 0.15) is 11.6 Å². The number of anilines is 3. The highest BCUT2D eigenvalue weighted by Crippen LogP contribution is 2.45. The van der Waals surface area contributed by atoms with Gasteiger partial charge >= 0.3 is 6.18 Å². The first kappa shape index (κ1) is 22.7. The molecule has 0 amide bonds. The molecule has 1 saturated heterocycles. The number of hydrogen-bond donors (Lipinski definition) is 2. The van der Waals surface area contributed by atoms with Crippen LogP contribution in [0.15, 0.2) is 55.0 Å². The van der Waals surface area contributed by atoms with Gasteiger partial charge in [0.05, 0.1) is 17.3 Å². The molecule has 10 heteroatoms. The van der Waals surface area contributed by atoms with Gasteiger partial charge < -0.3 is 15.5 Å². The Morgan fingerprint density at radius 2 is 1.75 bits per heavy atom. The lowest BCUT2D eigenvalue weighted by Crippen LogP contribution is -2.44. The zero-order chi connectivity index (χ0) is 24.7. The number of hydrogen-bond acceptors (Lipinski definition) is 7. The number of rotatable bonds is 5. The van der Waals surface area contributed by atoms with Crippen LogP contribution in [0.2, 0.25) is 0 Å². The summed E-state index contributed by atoms with van der Waals surface area (Å²) in [6, 6.07) is 8.50. The summed E-state index contributed by atoms with van der Waals surface area (Å²) in [7, 11) is 0. The van der Waals surface area contributed by atoms with Crippen molar-refractivity contribution in [2.75, 3.05) is 36.4 Å². The van der Waals surface area contributed by atoms with E-state index in [1.807, 2.05) is 12.3 Å². The van der Waals surface area contributed by atoms with Crippen molar-refractivity contribution in [2.45, 2.75) is 24.9 Å². The van der Waals surface area contributed by atoms with E-state index >= 15 is 0 Å². The molecular weight excluding hydrogens is 467 g/mol. The van der Waals surface area contributed by atoms with Gasteiger partial charge in [0.2, 0.25) is 0 Å². The van der Waals surface area contributed by atoms with Crippen LogP contribution in [-0.2, 0) is 6.18 Å². The van der Waals surface area contributed by atoms with E-state index in [0.717, 1.165) is 73.4 Å². The Bertz CT molecular complexity index is 1400. The van der Waals surface area contributed by atoms with Gasteiger partial charge in [-0.2, -0.15) is 13.2 Å². The van der Waals surface area contributed by atoms with Crippen molar-refractivity contribution in [3.63, 3.8) is 0 Å². The van der Waals surface area contributed by atoms with Gasteiger partial charge in [-0.05, 0) is 60.7 Å². The number of alkyl halides is 3. The van der Waals surface area contributed by atoms with E-state index in [4.69, 9.17) is 9.97 Å². The summed E-state index contributed by atoms with van der Waals surface area (Å²) < 4.78 is 38.6. The van der Waals surface area contributed by atoms with Crippen molar-refractivity contribution in [1.29, 1.82) is 0 Å². The fourth-order valence-corrected chi connectivity index (χ4v) is 4.56. The smallest absolute Gasteiger partial charge is 0.353 e. The van der Waals surface area contributed by atoms with Crippen molar-refractivity contribution >= 4 is 28.2 Å². The van der Waals surface area contributed by atoms with Gasteiger partial charge in [-0.25, -0.2) is 15.0 Å². The van der Waals surface area contributed by atoms with Gasteiger partial charge in [-0.15, -0.1) is 0 Å². The monoisotopic (exact) mass is 491 g/mol.